The molecule has 2 rings (SSSR count). The van der Waals surface area contributed by atoms with Crippen LogP contribution in [0.4, 0.5) is 5.13 Å². The van der Waals surface area contributed by atoms with Crippen molar-refractivity contribution < 1.29 is 0 Å². The topological polar surface area (TPSA) is 41.0 Å². The van der Waals surface area contributed by atoms with Gasteiger partial charge < -0.3 is 10.2 Å². The van der Waals surface area contributed by atoms with Crippen molar-refractivity contribution in [3.63, 3.8) is 0 Å². The fourth-order valence-electron chi connectivity index (χ4n) is 1.90. The predicted octanol–water partition coefficient (Wildman–Crippen LogP) is 1.12. The van der Waals surface area contributed by atoms with Crippen LogP contribution in [0.15, 0.2) is 5.51 Å². The van der Waals surface area contributed by atoms with Gasteiger partial charge >= 0.3 is 0 Å². The van der Waals surface area contributed by atoms with E-state index in [4.69, 9.17) is 0 Å². The third-order valence-electron chi connectivity index (χ3n) is 2.60. The zero-order chi connectivity index (χ0) is 9.80. The first-order valence-corrected chi connectivity index (χ1v) is 6.03. The molecule has 4 nitrogen and oxygen atoms in total. The molecule has 5 heteroatoms. The number of aromatic nitrogens is 2. The number of hydrogen-bond acceptors (Lipinski definition) is 5. The lowest BCUT2D eigenvalue weighted by Gasteiger charge is -2.23. The second kappa shape index (κ2) is 4.70. The van der Waals surface area contributed by atoms with Gasteiger partial charge in [0, 0.05) is 19.1 Å². The van der Waals surface area contributed by atoms with Crippen LogP contribution in [0.3, 0.4) is 0 Å². The van der Waals surface area contributed by atoms with Crippen LogP contribution in [0, 0.1) is 0 Å². The molecule has 0 aromatic carbocycles. The molecule has 0 bridgehead atoms. The second-order valence-electron chi connectivity index (χ2n) is 3.52. The van der Waals surface area contributed by atoms with Gasteiger partial charge in [-0.1, -0.05) is 18.3 Å². The molecule has 0 aliphatic carbocycles. The van der Waals surface area contributed by atoms with Gasteiger partial charge in [0.2, 0.25) is 5.13 Å². The number of anilines is 1. The Balaban J connectivity index is 1.97. The summed E-state index contributed by atoms with van der Waals surface area (Å²) in [6.45, 7) is 5.38. The Bertz CT molecular complexity index is 262. The van der Waals surface area contributed by atoms with Crippen LogP contribution in [0.25, 0.3) is 0 Å². The average molecular weight is 212 g/mol. The monoisotopic (exact) mass is 212 g/mol. The molecule has 1 unspecified atom stereocenters. The van der Waals surface area contributed by atoms with Crippen LogP contribution in [0.2, 0.25) is 0 Å². The number of nitrogens with one attached hydrogen (secondary N) is 1. The Morgan fingerprint density at radius 3 is 3.36 bits per heavy atom. The zero-order valence-corrected chi connectivity index (χ0v) is 9.26. The second-order valence-corrected chi connectivity index (χ2v) is 4.33. The maximum Gasteiger partial charge on any atom is 0.208 e. The molecule has 0 amide bonds. The Morgan fingerprint density at radius 2 is 2.64 bits per heavy atom. The molecule has 1 aromatic rings. The van der Waals surface area contributed by atoms with Gasteiger partial charge in [0.1, 0.15) is 5.51 Å². The van der Waals surface area contributed by atoms with E-state index in [-0.39, 0.29) is 0 Å². The van der Waals surface area contributed by atoms with E-state index in [1.807, 2.05) is 0 Å². The van der Waals surface area contributed by atoms with Crippen LogP contribution >= 0.6 is 11.3 Å². The highest BCUT2D eigenvalue weighted by Crippen LogP contribution is 2.25. The van der Waals surface area contributed by atoms with Gasteiger partial charge in [0.15, 0.2) is 0 Å². The smallest absolute Gasteiger partial charge is 0.208 e. The molecule has 78 valence electrons. The summed E-state index contributed by atoms with van der Waals surface area (Å²) in [6.07, 6.45) is 2.54. The summed E-state index contributed by atoms with van der Waals surface area (Å²) < 4.78 is 0. The molecule has 0 spiro atoms. The van der Waals surface area contributed by atoms with Crippen molar-refractivity contribution in [2.45, 2.75) is 25.8 Å². The highest BCUT2D eigenvalue weighted by atomic mass is 32.1. The number of likely N-dealkylation sites (N-methyl/N-ethyl adjacent to an activating group) is 1. The van der Waals surface area contributed by atoms with Crippen LogP contribution in [-0.4, -0.2) is 35.9 Å². The highest BCUT2D eigenvalue weighted by molar-refractivity contribution is 7.13. The first kappa shape index (κ1) is 9.86. The maximum absolute atomic E-state index is 4.12. The lowest BCUT2D eigenvalue weighted by atomic mass is 10.2. The quantitative estimate of drug-likeness (QED) is 0.812. The Morgan fingerprint density at radius 1 is 1.71 bits per heavy atom. The third-order valence-corrected chi connectivity index (χ3v) is 3.33. The first-order valence-electron chi connectivity index (χ1n) is 5.15. The van der Waals surface area contributed by atoms with E-state index >= 15 is 0 Å². The van der Waals surface area contributed by atoms with Gasteiger partial charge in [-0.3, -0.25) is 0 Å². The zero-order valence-electron chi connectivity index (χ0n) is 8.44. The molecule has 0 radical (unpaired) electrons. The summed E-state index contributed by atoms with van der Waals surface area (Å²) in [4.78, 5) is 2.38. The maximum atomic E-state index is 4.12. The van der Waals surface area contributed by atoms with E-state index in [1.54, 1.807) is 16.8 Å². The Kier molecular flexibility index (Phi) is 3.31. The largest absolute Gasteiger partial charge is 0.342 e. The molecule has 1 aliphatic rings. The average Bonchev–Trinajstić information content (AvgIpc) is 2.84. The molecule has 1 atom stereocenters. The Labute approximate surface area is 88.3 Å². The van der Waals surface area contributed by atoms with Crippen LogP contribution in [0.1, 0.15) is 19.8 Å². The van der Waals surface area contributed by atoms with Gasteiger partial charge in [-0.15, -0.1) is 10.2 Å². The van der Waals surface area contributed by atoms with Gasteiger partial charge in [-0.2, -0.15) is 0 Å². The third kappa shape index (κ3) is 2.04. The predicted molar refractivity (Wildman–Crippen MR) is 58.8 cm³/mol. The molecular formula is C9H16N4S. The fourth-order valence-corrected chi connectivity index (χ4v) is 2.56. The summed E-state index contributed by atoms with van der Waals surface area (Å²) in [6, 6.07) is 0.614. The van der Waals surface area contributed by atoms with E-state index in [0.717, 1.165) is 24.8 Å². The lowest BCUT2D eigenvalue weighted by molar-refractivity contribution is 0.586. The number of hydrogen-bond donors (Lipinski definition) is 1. The van der Waals surface area contributed by atoms with Crippen molar-refractivity contribution in [2.75, 3.05) is 24.5 Å². The standard InChI is InChI=1S/C9H16N4S/c1-2-10-6-8-4-3-5-13(8)9-12-11-7-14-9/h7-8,10H,2-6H2,1H3. The summed E-state index contributed by atoms with van der Waals surface area (Å²) in [5.41, 5.74) is 1.80. The minimum Gasteiger partial charge on any atom is -0.342 e. The highest BCUT2D eigenvalue weighted by Gasteiger charge is 2.25. The van der Waals surface area contributed by atoms with E-state index in [9.17, 15) is 0 Å². The molecule has 14 heavy (non-hydrogen) atoms. The first-order chi connectivity index (χ1) is 6.92. The molecule has 1 fully saturated rings. The van der Waals surface area contributed by atoms with Crippen molar-refractivity contribution in [1.29, 1.82) is 0 Å². The minimum absolute atomic E-state index is 0.614. The van der Waals surface area contributed by atoms with E-state index in [2.05, 4.69) is 27.3 Å². The van der Waals surface area contributed by atoms with Gasteiger partial charge in [0.25, 0.3) is 0 Å². The van der Waals surface area contributed by atoms with Crippen molar-refractivity contribution in [1.82, 2.24) is 15.5 Å². The molecule has 1 saturated heterocycles. The van der Waals surface area contributed by atoms with Gasteiger partial charge in [0.05, 0.1) is 0 Å². The summed E-state index contributed by atoms with van der Waals surface area (Å²) in [7, 11) is 0. The SMILES string of the molecule is CCNCC1CCCN1c1nncs1. The van der Waals surface area contributed by atoms with Crippen LogP contribution in [-0.2, 0) is 0 Å². The lowest BCUT2D eigenvalue weighted by Crippen LogP contribution is -2.37. The minimum atomic E-state index is 0.614. The van der Waals surface area contributed by atoms with Crippen LogP contribution in [0.5, 0.6) is 0 Å². The normalized spacial score (nSPS) is 21.8. The summed E-state index contributed by atoms with van der Waals surface area (Å²) in [5.74, 6) is 0. The molecular weight excluding hydrogens is 196 g/mol. The van der Waals surface area contributed by atoms with E-state index in [0.29, 0.717) is 6.04 Å². The molecule has 1 aromatic heterocycles. The molecule has 1 N–H and O–H groups in total. The number of rotatable bonds is 4. The van der Waals surface area contributed by atoms with E-state index < -0.39 is 0 Å². The van der Waals surface area contributed by atoms with Crippen LogP contribution < -0.4 is 10.2 Å². The van der Waals surface area contributed by atoms with E-state index in [1.165, 1.54) is 12.8 Å². The molecule has 0 saturated carbocycles. The summed E-state index contributed by atoms with van der Waals surface area (Å²) >= 11 is 1.63. The van der Waals surface area contributed by atoms with Crippen molar-refractivity contribution in [3.05, 3.63) is 5.51 Å². The van der Waals surface area contributed by atoms with Crippen molar-refractivity contribution in [3.8, 4) is 0 Å². The number of nitrogens with zero attached hydrogens (tertiary/aromatic N) is 3. The molecule has 2 heterocycles. The van der Waals surface area contributed by atoms with Crippen molar-refractivity contribution >= 4 is 16.5 Å². The Hall–Kier alpha value is -0.680. The van der Waals surface area contributed by atoms with Gasteiger partial charge in [-0.05, 0) is 19.4 Å². The summed E-state index contributed by atoms with van der Waals surface area (Å²) in [5, 5.41) is 12.5. The van der Waals surface area contributed by atoms with Gasteiger partial charge in [-0.25, -0.2) is 0 Å². The fraction of sp³-hybridized carbons (Fsp3) is 0.778. The molecule has 1 aliphatic heterocycles. The van der Waals surface area contributed by atoms with Crippen molar-refractivity contribution in [2.24, 2.45) is 0 Å².